The number of ether oxygens (including phenoxy) is 3. The molecule has 4 rings (SSSR count). The Kier molecular flexibility index (Phi) is 9.52. The van der Waals surface area contributed by atoms with Gasteiger partial charge in [0.25, 0.3) is 0 Å². The Morgan fingerprint density at radius 3 is 2.62 bits per heavy atom. The SMILES string of the molecule is C=CCCOC(=O)[C@H]1[C@H]2C(=O)N(CCCCO)C(C(=O)N(CC=C)CCN3CCOCC3)C23CC(C)[C@]1(C)O3. The molecule has 0 aromatic rings. The molecular formula is C29H45N3O7. The first-order chi connectivity index (χ1) is 18.7. The minimum atomic E-state index is -1.11. The second kappa shape index (κ2) is 12.5. The molecule has 39 heavy (non-hydrogen) atoms. The van der Waals surface area contributed by atoms with Crippen molar-refractivity contribution in [1.82, 2.24) is 14.7 Å². The molecule has 4 saturated heterocycles. The standard InChI is InChI=1S/C29H45N3O7/c1-5-7-17-38-27(36)23-22-25(34)32(11-8-9-16-33)24(29(22)20-21(3)28(23,4)39-29)26(35)31(10-6-2)13-12-30-14-18-37-19-15-30/h5-6,21-24,33H,1-2,7-20H2,3-4H3/t21?,22-,23+,24?,28-,29?/m0/s1. The molecule has 1 N–H and O–H groups in total. The topological polar surface area (TPSA) is 109 Å². The smallest absolute Gasteiger partial charge is 0.312 e. The lowest BCUT2D eigenvalue weighted by molar-refractivity contribution is -0.162. The number of morpholine rings is 1. The number of esters is 1. The second-order valence-corrected chi connectivity index (χ2v) is 11.4. The molecule has 2 amide bonds. The van der Waals surface area contributed by atoms with Crippen LogP contribution >= 0.6 is 0 Å². The first kappa shape index (κ1) is 29.7. The van der Waals surface area contributed by atoms with E-state index in [1.165, 1.54) is 0 Å². The highest BCUT2D eigenvalue weighted by Crippen LogP contribution is 2.65. The largest absolute Gasteiger partial charge is 0.465 e. The summed E-state index contributed by atoms with van der Waals surface area (Å²) in [6.45, 7) is 16.5. The summed E-state index contributed by atoms with van der Waals surface area (Å²) in [5.74, 6) is -2.50. The van der Waals surface area contributed by atoms with Gasteiger partial charge >= 0.3 is 5.97 Å². The summed E-state index contributed by atoms with van der Waals surface area (Å²) in [5.41, 5.74) is -2.01. The summed E-state index contributed by atoms with van der Waals surface area (Å²) in [6, 6.07) is -0.853. The normalized spacial score (nSPS) is 33.7. The van der Waals surface area contributed by atoms with Gasteiger partial charge in [0.05, 0.1) is 31.3 Å². The van der Waals surface area contributed by atoms with Crippen LogP contribution in [0.1, 0.15) is 39.5 Å². The molecular weight excluding hydrogens is 502 g/mol. The number of aliphatic hydroxyl groups is 1. The van der Waals surface area contributed by atoms with Crippen LogP contribution in [0.4, 0.5) is 0 Å². The zero-order chi connectivity index (χ0) is 28.2. The summed E-state index contributed by atoms with van der Waals surface area (Å²) in [5, 5.41) is 9.39. The van der Waals surface area contributed by atoms with Gasteiger partial charge in [0.1, 0.15) is 17.6 Å². The van der Waals surface area contributed by atoms with Gasteiger partial charge in [-0.2, -0.15) is 0 Å². The van der Waals surface area contributed by atoms with Crippen LogP contribution in [0.2, 0.25) is 0 Å². The average molecular weight is 548 g/mol. The highest BCUT2D eigenvalue weighted by atomic mass is 16.6. The van der Waals surface area contributed by atoms with Crippen LogP contribution in [-0.4, -0.2) is 121 Å². The van der Waals surface area contributed by atoms with Crippen LogP contribution < -0.4 is 0 Å². The van der Waals surface area contributed by atoms with Gasteiger partial charge in [-0.15, -0.1) is 13.2 Å². The molecule has 4 aliphatic rings. The number of carbonyl (C=O) groups excluding carboxylic acids is 3. The maximum Gasteiger partial charge on any atom is 0.312 e. The number of likely N-dealkylation sites (tertiary alicyclic amines) is 1. The molecule has 4 fully saturated rings. The van der Waals surface area contributed by atoms with Crippen molar-refractivity contribution in [3.63, 3.8) is 0 Å². The molecule has 3 unspecified atom stereocenters. The van der Waals surface area contributed by atoms with Crippen molar-refractivity contribution in [2.45, 2.75) is 56.8 Å². The summed E-state index contributed by atoms with van der Waals surface area (Å²) in [4.78, 5) is 47.6. The number of unbranched alkanes of at least 4 members (excludes halogenated alkanes) is 1. The van der Waals surface area contributed by atoms with Gasteiger partial charge in [-0.25, -0.2) is 0 Å². The van der Waals surface area contributed by atoms with E-state index < -0.39 is 35.0 Å². The number of nitrogens with zero attached hydrogens (tertiary/aromatic N) is 3. The Labute approximate surface area is 231 Å². The van der Waals surface area contributed by atoms with Gasteiger partial charge in [0.15, 0.2) is 0 Å². The molecule has 0 radical (unpaired) electrons. The molecule has 6 atom stereocenters. The van der Waals surface area contributed by atoms with Crippen LogP contribution in [0, 0.1) is 17.8 Å². The van der Waals surface area contributed by atoms with Crippen molar-refractivity contribution in [2.75, 3.05) is 65.7 Å². The minimum absolute atomic E-state index is 0.00120. The van der Waals surface area contributed by atoms with E-state index in [9.17, 15) is 19.5 Å². The average Bonchev–Trinajstić information content (AvgIpc) is 3.43. The van der Waals surface area contributed by atoms with Crippen LogP contribution in [0.15, 0.2) is 25.3 Å². The third-order valence-electron chi connectivity index (χ3n) is 9.13. The number of hydrogen-bond acceptors (Lipinski definition) is 8. The Morgan fingerprint density at radius 1 is 1.21 bits per heavy atom. The van der Waals surface area contributed by atoms with Crippen molar-refractivity contribution in [1.29, 1.82) is 0 Å². The van der Waals surface area contributed by atoms with Crippen molar-refractivity contribution in [3.8, 4) is 0 Å². The lowest BCUT2D eigenvalue weighted by Gasteiger charge is -2.38. The zero-order valence-corrected chi connectivity index (χ0v) is 23.5. The van der Waals surface area contributed by atoms with E-state index in [0.717, 1.165) is 13.1 Å². The van der Waals surface area contributed by atoms with Gasteiger partial charge in [-0.1, -0.05) is 19.1 Å². The first-order valence-electron chi connectivity index (χ1n) is 14.3. The molecule has 218 valence electrons. The van der Waals surface area contributed by atoms with Gasteiger partial charge in [0.2, 0.25) is 11.8 Å². The van der Waals surface area contributed by atoms with Crippen LogP contribution in [0.5, 0.6) is 0 Å². The molecule has 4 heterocycles. The van der Waals surface area contributed by atoms with Crippen molar-refractivity contribution >= 4 is 17.8 Å². The lowest BCUT2D eigenvalue weighted by atomic mass is 9.62. The Morgan fingerprint density at radius 2 is 1.95 bits per heavy atom. The van der Waals surface area contributed by atoms with Crippen LogP contribution in [0.3, 0.4) is 0 Å². The van der Waals surface area contributed by atoms with E-state index in [2.05, 4.69) is 18.1 Å². The van der Waals surface area contributed by atoms with Gasteiger partial charge in [0, 0.05) is 45.9 Å². The van der Waals surface area contributed by atoms with E-state index in [-0.39, 0.29) is 30.9 Å². The quantitative estimate of drug-likeness (QED) is 0.197. The maximum absolute atomic E-state index is 14.4. The number of carbonyl (C=O) groups is 3. The molecule has 1 spiro atoms. The van der Waals surface area contributed by atoms with E-state index in [0.29, 0.717) is 65.1 Å². The third-order valence-corrected chi connectivity index (χ3v) is 9.13. The zero-order valence-electron chi connectivity index (χ0n) is 23.5. The Hall–Kier alpha value is -2.27. The monoisotopic (exact) mass is 547 g/mol. The summed E-state index contributed by atoms with van der Waals surface area (Å²) >= 11 is 0. The van der Waals surface area contributed by atoms with Gasteiger partial charge in [-0.3, -0.25) is 19.3 Å². The predicted octanol–water partition coefficient (Wildman–Crippen LogP) is 1.24. The minimum Gasteiger partial charge on any atom is -0.465 e. The summed E-state index contributed by atoms with van der Waals surface area (Å²) < 4.78 is 17.8. The van der Waals surface area contributed by atoms with Crippen molar-refractivity contribution in [3.05, 3.63) is 25.3 Å². The number of amides is 2. The molecule has 0 saturated carbocycles. The van der Waals surface area contributed by atoms with E-state index in [1.807, 2.05) is 13.8 Å². The van der Waals surface area contributed by atoms with Crippen molar-refractivity contribution < 1.29 is 33.7 Å². The first-order valence-corrected chi connectivity index (χ1v) is 14.3. The second-order valence-electron chi connectivity index (χ2n) is 11.4. The molecule has 10 heteroatoms. The molecule has 10 nitrogen and oxygen atoms in total. The Bertz CT molecular complexity index is 938. The van der Waals surface area contributed by atoms with Crippen LogP contribution in [0.25, 0.3) is 0 Å². The predicted molar refractivity (Wildman–Crippen MR) is 145 cm³/mol. The lowest BCUT2D eigenvalue weighted by Crippen LogP contribution is -2.57. The number of fused-ring (bicyclic) bond motifs is 1. The fourth-order valence-electron chi connectivity index (χ4n) is 7.05. The number of rotatable bonds is 14. The number of aliphatic hydroxyl groups excluding tert-OH is 1. The van der Waals surface area contributed by atoms with E-state index in [1.54, 1.807) is 22.0 Å². The summed E-state index contributed by atoms with van der Waals surface area (Å²) in [7, 11) is 0. The molecule has 4 aliphatic heterocycles. The highest BCUT2D eigenvalue weighted by molar-refractivity contribution is 5.98. The molecule has 0 aliphatic carbocycles. The third kappa shape index (κ3) is 5.40. The number of hydrogen-bond donors (Lipinski definition) is 1. The van der Waals surface area contributed by atoms with Crippen LogP contribution in [-0.2, 0) is 28.6 Å². The molecule has 0 aromatic carbocycles. The van der Waals surface area contributed by atoms with Crippen molar-refractivity contribution in [2.24, 2.45) is 17.8 Å². The van der Waals surface area contributed by atoms with Gasteiger partial charge in [-0.05, 0) is 38.5 Å². The highest BCUT2D eigenvalue weighted by Gasteiger charge is 2.80. The maximum atomic E-state index is 14.4. The molecule has 0 aromatic heterocycles. The van der Waals surface area contributed by atoms with E-state index in [4.69, 9.17) is 14.2 Å². The molecule has 2 bridgehead atoms. The van der Waals surface area contributed by atoms with E-state index >= 15 is 0 Å². The Balaban J connectivity index is 1.65. The van der Waals surface area contributed by atoms with Gasteiger partial charge < -0.3 is 29.1 Å². The summed E-state index contributed by atoms with van der Waals surface area (Å²) in [6.07, 6.45) is 5.47. The fourth-order valence-corrected chi connectivity index (χ4v) is 7.05. The fraction of sp³-hybridized carbons (Fsp3) is 0.759.